The first kappa shape index (κ1) is 59.3. The lowest BCUT2D eigenvalue weighted by atomic mass is 10.0. The fourth-order valence-corrected chi connectivity index (χ4v) is 8.17. The summed E-state index contributed by atoms with van der Waals surface area (Å²) in [6.07, 6.45) is 67.5. The number of unbranched alkanes of at least 4 members (excludes halogenated alkanes) is 35. The maximum absolute atomic E-state index is 12.5. The average Bonchev–Trinajstić information content (AvgIpc) is 3.26. The Balaban J connectivity index is 3.60. The van der Waals surface area contributed by atoms with Crippen LogP contribution in [0.1, 0.15) is 277 Å². The van der Waals surface area contributed by atoms with E-state index in [0.29, 0.717) is 6.42 Å². The van der Waals surface area contributed by atoms with Crippen molar-refractivity contribution in [2.24, 2.45) is 0 Å². The summed E-state index contributed by atoms with van der Waals surface area (Å²) in [5, 5.41) is 33.3. The predicted molar refractivity (Wildman–Crippen MR) is 268 cm³/mol. The second kappa shape index (κ2) is 50.9. The summed E-state index contributed by atoms with van der Waals surface area (Å²) in [5.41, 5.74) is 0. The maximum Gasteiger partial charge on any atom is 0.249 e. The van der Waals surface area contributed by atoms with Crippen LogP contribution in [0.4, 0.5) is 0 Å². The number of rotatable bonds is 49. The van der Waals surface area contributed by atoms with E-state index in [1.165, 1.54) is 212 Å². The lowest BCUT2D eigenvalue weighted by molar-refractivity contribution is -0.131. The Morgan fingerprint density at radius 1 is 0.410 bits per heavy atom. The van der Waals surface area contributed by atoms with Crippen LogP contribution in [0.5, 0.6) is 0 Å². The SMILES string of the molecule is CCCCCCCCCCC/C=C\C/C=C\CCCCCCCCCCCCCCCCC(O)C(=O)NC(CO)C(O)/C=C/CC/C=C/CCCCCCCCCCCCC. The molecule has 0 aliphatic heterocycles. The minimum atomic E-state index is -1.11. The zero-order valence-electron chi connectivity index (χ0n) is 40.8. The zero-order valence-corrected chi connectivity index (χ0v) is 40.8. The van der Waals surface area contributed by atoms with E-state index in [9.17, 15) is 20.1 Å². The first-order valence-corrected chi connectivity index (χ1v) is 27.0. The van der Waals surface area contributed by atoms with Crippen LogP contribution in [0, 0.1) is 0 Å². The topological polar surface area (TPSA) is 89.8 Å². The molecule has 0 fully saturated rings. The normalized spacial score (nSPS) is 13.7. The number of hydrogen-bond acceptors (Lipinski definition) is 4. The van der Waals surface area contributed by atoms with Gasteiger partial charge in [-0.15, -0.1) is 0 Å². The molecule has 0 heterocycles. The van der Waals surface area contributed by atoms with E-state index in [-0.39, 0.29) is 6.61 Å². The van der Waals surface area contributed by atoms with Crippen LogP contribution >= 0.6 is 0 Å². The Hall–Kier alpha value is -1.69. The van der Waals surface area contributed by atoms with E-state index in [4.69, 9.17) is 0 Å². The number of allylic oxidation sites excluding steroid dienone is 7. The van der Waals surface area contributed by atoms with Crippen molar-refractivity contribution in [3.8, 4) is 0 Å². The second-order valence-corrected chi connectivity index (χ2v) is 18.4. The minimum absolute atomic E-state index is 0.376. The van der Waals surface area contributed by atoms with E-state index in [2.05, 4.69) is 55.6 Å². The van der Waals surface area contributed by atoms with Crippen molar-refractivity contribution in [2.75, 3.05) is 6.61 Å². The predicted octanol–water partition coefficient (Wildman–Crippen LogP) is 16.4. The maximum atomic E-state index is 12.5. The van der Waals surface area contributed by atoms with Gasteiger partial charge < -0.3 is 20.6 Å². The number of aliphatic hydroxyl groups excluding tert-OH is 3. The van der Waals surface area contributed by atoms with Crippen LogP contribution in [0.25, 0.3) is 0 Å². The van der Waals surface area contributed by atoms with Gasteiger partial charge in [-0.05, 0) is 64.2 Å². The molecule has 3 atom stereocenters. The molecule has 0 aromatic carbocycles. The highest BCUT2D eigenvalue weighted by atomic mass is 16.3. The number of amides is 1. The van der Waals surface area contributed by atoms with Crippen LogP contribution < -0.4 is 5.32 Å². The van der Waals surface area contributed by atoms with Crippen LogP contribution in [0.2, 0.25) is 0 Å². The highest BCUT2D eigenvalue weighted by Gasteiger charge is 2.22. The summed E-state index contributed by atoms with van der Waals surface area (Å²) in [6, 6.07) is -0.815. The molecular weight excluding hydrogens is 751 g/mol. The lowest BCUT2D eigenvalue weighted by Crippen LogP contribution is -2.48. The van der Waals surface area contributed by atoms with E-state index in [1.807, 2.05) is 6.08 Å². The van der Waals surface area contributed by atoms with E-state index < -0.39 is 24.2 Å². The summed E-state index contributed by atoms with van der Waals surface area (Å²) < 4.78 is 0. The van der Waals surface area contributed by atoms with Gasteiger partial charge in [-0.1, -0.05) is 262 Å². The number of hydrogen-bond donors (Lipinski definition) is 4. The van der Waals surface area contributed by atoms with Crippen LogP contribution in [-0.4, -0.2) is 46.1 Å². The summed E-state index contributed by atoms with van der Waals surface area (Å²) >= 11 is 0. The largest absolute Gasteiger partial charge is 0.394 e. The van der Waals surface area contributed by atoms with Crippen molar-refractivity contribution >= 4 is 5.91 Å². The standard InChI is InChI=1S/C56H105NO4/c1-3-5-7-9-11-13-15-17-19-21-22-23-24-25-26-27-28-29-30-31-32-33-35-37-39-41-43-45-47-49-51-55(60)56(61)57-53(52-58)54(59)50-48-46-44-42-40-38-36-34-20-18-16-14-12-10-8-6-4-2/h22-23,25-26,40,42,48,50,53-55,58-60H,3-21,24,27-39,41,43-47,49,51-52H2,1-2H3,(H,57,61)/b23-22-,26-25-,42-40+,50-48+. The molecule has 0 rings (SSSR count). The number of carbonyl (C=O) groups is 1. The molecule has 0 saturated heterocycles. The van der Waals surface area contributed by atoms with Crippen LogP contribution in [-0.2, 0) is 4.79 Å². The summed E-state index contributed by atoms with van der Waals surface area (Å²) in [5.74, 6) is -0.512. The van der Waals surface area contributed by atoms with Crippen molar-refractivity contribution in [2.45, 2.75) is 295 Å². The molecule has 3 unspecified atom stereocenters. The first-order chi connectivity index (χ1) is 30.1. The Labute approximate surface area is 380 Å². The monoisotopic (exact) mass is 856 g/mol. The highest BCUT2D eigenvalue weighted by Crippen LogP contribution is 2.16. The Bertz CT molecular complexity index is 989. The van der Waals surface area contributed by atoms with Gasteiger partial charge in [0.25, 0.3) is 0 Å². The number of nitrogens with one attached hydrogen (secondary N) is 1. The van der Waals surface area contributed by atoms with E-state index >= 15 is 0 Å². The quantitative estimate of drug-likeness (QED) is 0.0362. The molecule has 0 aromatic heterocycles. The molecule has 4 N–H and O–H groups in total. The third-order valence-corrected chi connectivity index (χ3v) is 12.4. The van der Waals surface area contributed by atoms with Crippen molar-refractivity contribution in [1.29, 1.82) is 0 Å². The fourth-order valence-electron chi connectivity index (χ4n) is 8.17. The van der Waals surface area contributed by atoms with Gasteiger partial charge in [0.15, 0.2) is 0 Å². The number of aliphatic hydroxyl groups is 3. The van der Waals surface area contributed by atoms with Gasteiger partial charge in [0.05, 0.1) is 18.8 Å². The third-order valence-electron chi connectivity index (χ3n) is 12.4. The Kier molecular flexibility index (Phi) is 49.5. The average molecular weight is 856 g/mol. The van der Waals surface area contributed by atoms with Crippen molar-refractivity contribution in [1.82, 2.24) is 5.32 Å². The van der Waals surface area contributed by atoms with E-state index in [1.54, 1.807) is 6.08 Å². The van der Waals surface area contributed by atoms with Crippen LogP contribution in [0.15, 0.2) is 48.6 Å². The molecular formula is C56H105NO4. The van der Waals surface area contributed by atoms with Crippen molar-refractivity contribution < 1.29 is 20.1 Å². The molecule has 5 heteroatoms. The van der Waals surface area contributed by atoms with Gasteiger partial charge in [0.2, 0.25) is 5.91 Å². The van der Waals surface area contributed by atoms with Gasteiger partial charge >= 0.3 is 0 Å². The molecule has 1 amide bonds. The summed E-state index contributed by atoms with van der Waals surface area (Å²) in [6.45, 7) is 4.18. The number of carbonyl (C=O) groups excluding carboxylic acids is 1. The Morgan fingerprint density at radius 3 is 1.10 bits per heavy atom. The van der Waals surface area contributed by atoms with Gasteiger partial charge in [-0.25, -0.2) is 0 Å². The van der Waals surface area contributed by atoms with Crippen LogP contribution in [0.3, 0.4) is 0 Å². The second-order valence-electron chi connectivity index (χ2n) is 18.4. The molecule has 0 aliphatic rings. The summed E-state index contributed by atoms with van der Waals surface area (Å²) in [4.78, 5) is 12.5. The van der Waals surface area contributed by atoms with Crippen molar-refractivity contribution in [3.05, 3.63) is 48.6 Å². The van der Waals surface area contributed by atoms with Gasteiger partial charge in [0, 0.05) is 0 Å². The van der Waals surface area contributed by atoms with Gasteiger partial charge in [0.1, 0.15) is 6.10 Å². The molecule has 358 valence electrons. The van der Waals surface area contributed by atoms with Crippen molar-refractivity contribution in [3.63, 3.8) is 0 Å². The highest BCUT2D eigenvalue weighted by molar-refractivity contribution is 5.80. The lowest BCUT2D eigenvalue weighted by Gasteiger charge is -2.21. The molecule has 61 heavy (non-hydrogen) atoms. The first-order valence-electron chi connectivity index (χ1n) is 27.0. The third kappa shape index (κ3) is 46.1. The zero-order chi connectivity index (χ0) is 44.4. The molecule has 0 bridgehead atoms. The minimum Gasteiger partial charge on any atom is -0.394 e. The molecule has 0 radical (unpaired) electrons. The molecule has 0 aromatic rings. The van der Waals surface area contributed by atoms with Gasteiger partial charge in [-0.3, -0.25) is 4.79 Å². The van der Waals surface area contributed by atoms with E-state index in [0.717, 1.165) is 44.9 Å². The molecule has 5 nitrogen and oxygen atoms in total. The Morgan fingerprint density at radius 2 is 0.721 bits per heavy atom. The molecule has 0 spiro atoms. The summed E-state index contributed by atoms with van der Waals surface area (Å²) in [7, 11) is 0. The molecule has 0 aliphatic carbocycles. The molecule has 0 saturated carbocycles. The van der Waals surface area contributed by atoms with Gasteiger partial charge in [-0.2, -0.15) is 0 Å². The fraction of sp³-hybridized carbons (Fsp3) is 0.839. The smallest absolute Gasteiger partial charge is 0.249 e.